The fraction of sp³-hybridized carbons (Fsp3) is 0.304. The highest BCUT2D eigenvalue weighted by atomic mass is 19.2. The Morgan fingerprint density at radius 1 is 1.06 bits per heavy atom. The van der Waals surface area contributed by atoms with Crippen molar-refractivity contribution in [2.75, 3.05) is 6.54 Å². The minimum Gasteiger partial charge on any atom is -0.368 e. The van der Waals surface area contributed by atoms with Crippen LogP contribution in [0.1, 0.15) is 36.8 Å². The van der Waals surface area contributed by atoms with Gasteiger partial charge in [-0.05, 0) is 35.2 Å². The van der Waals surface area contributed by atoms with Crippen LogP contribution in [0.15, 0.2) is 36.4 Å². The maximum absolute atomic E-state index is 14.7. The van der Waals surface area contributed by atoms with E-state index in [2.05, 4.69) is 15.7 Å². The number of fused-ring (bicyclic) bond motifs is 1. The molecule has 0 fully saturated rings. The van der Waals surface area contributed by atoms with Crippen LogP contribution in [-0.4, -0.2) is 40.1 Å². The Bertz CT molecular complexity index is 1250. The van der Waals surface area contributed by atoms with E-state index in [1.54, 1.807) is 20.8 Å². The van der Waals surface area contributed by atoms with Gasteiger partial charge in [0, 0.05) is 5.39 Å². The van der Waals surface area contributed by atoms with E-state index in [0.29, 0.717) is 5.56 Å². The largest absolute Gasteiger partial charge is 0.368 e. The summed E-state index contributed by atoms with van der Waals surface area (Å²) in [6.45, 7) is 4.61. The molecule has 0 unspecified atom stereocenters. The molecule has 1 atom stereocenters. The summed E-state index contributed by atoms with van der Waals surface area (Å²) in [6.07, 6.45) is 0. The van der Waals surface area contributed by atoms with Crippen LogP contribution in [-0.2, 0) is 16.1 Å². The molecule has 11 heteroatoms. The molecule has 3 aromatic rings. The van der Waals surface area contributed by atoms with Gasteiger partial charge in [0.1, 0.15) is 17.4 Å². The third-order valence-electron chi connectivity index (χ3n) is 5.10. The van der Waals surface area contributed by atoms with Gasteiger partial charge in [0.2, 0.25) is 11.8 Å². The van der Waals surface area contributed by atoms with E-state index in [0.717, 1.165) is 10.7 Å². The molecule has 3 rings (SSSR count). The molecule has 0 aliphatic rings. The van der Waals surface area contributed by atoms with Gasteiger partial charge in [-0.25, -0.2) is 13.2 Å². The molecule has 0 radical (unpaired) electrons. The van der Waals surface area contributed by atoms with Gasteiger partial charge >= 0.3 is 0 Å². The lowest BCUT2D eigenvalue weighted by Gasteiger charge is -2.30. The number of hydrogen-bond acceptors (Lipinski definition) is 4. The zero-order valence-corrected chi connectivity index (χ0v) is 18.8. The summed E-state index contributed by atoms with van der Waals surface area (Å²) < 4.78 is 43.1. The molecule has 2 aromatic carbocycles. The van der Waals surface area contributed by atoms with Gasteiger partial charge < -0.3 is 16.4 Å². The van der Waals surface area contributed by atoms with Crippen molar-refractivity contribution < 1.29 is 27.6 Å². The number of nitrogens with zero attached hydrogens (tertiary/aromatic N) is 2. The summed E-state index contributed by atoms with van der Waals surface area (Å²) in [5, 5.41) is 9.12. The number of carbonyl (C=O) groups excluding carboxylic acids is 3. The van der Waals surface area contributed by atoms with E-state index < -0.39 is 53.2 Å². The summed E-state index contributed by atoms with van der Waals surface area (Å²) in [4.78, 5) is 36.8. The second-order valence-corrected chi connectivity index (χ2v) is 8.85. The first-order valence-electron chi connectivity index (χ1n) is 10.3. The Kier molecular flexibility index (Phi) is 6.94. The molecule has 180 valence electrons. The van der Waals surface area contributed by atoms with Crippen molar-refractivity contribution in [3.8, 4) is 0 Å². The number of nitrogens with one attached hydrogen (secondary N) is 2. The molecular formula is C23H24F3N5O3. The second-order valence-electron chi connectivity index (χ2n) is 8.85. The highest BCUT2D eigenvalue weighted by Gasteiger charge is 2.34. The van der Waals surface area contributed by atoms with Gasteiger partial charge in [-0.3, -0.25) is 19.1 Å². The Morgan fingerprint density at radius 3 is 2.29 bits per heavy atom. The average molecular weight is 475 g/mol. The van der Waals surface area contributed by atoms with Gasteiger partial charge in [0.15, 0.2) is 17.3 Å². The Hall–Kier alpha value is -3.89. The fourth-order valence-electron chi connectivity index (χ4n) is 3.40. The number of amides is 3. The van der Waals surface area contributed by atoms with Crippen LogP contribution >= 0.6 is 0 Å². The molecule has 0 saturated heterocycles. The van der Waals surface area contributed by atoms with Gasteiger partial charge in [0.25, 0.3) is 5.91 Å². The summed E-state index contributed by atoms with van der Waals surface area (Å²) >= 11 is 0. The van der Waals surface area contributed by atoms with Crippen LogP contribution in [0.25, 0.3) is 10.9 Å². The van der Waals surface area contributed by atoms with Gasteiger partial charge in [-0.15, -0.1) is 0 Å². The van der Waals surface area contributed by atoms with Crippen molar-refractivity contribution in [1.82, 2.24) is 20.4 Å². The molecule has 0 bridgehead atoms. The maximum Gasteiger partial charge on any atom is 0.273 e. The third kappa shape index (κ3) is 5.36. The Balaban J connectivity index is 2.00. The minimum atomic E-state index is -1.20. The number of rotatable bonds is 7. The van der Waals surface area contributed by atoms with Crippen molar-refractivity contribution >= 4 is 28.6 Å². The number of hydrogen-bond donors (Lipinski definition) is 3. The third-order valence-corrected chi connectivity index (χ3v) is 5.10. The highest BCUT2D eigenvalue weighted by Crippen LogP contribution is 2.26. The second kappa shape index (κ2) is 9.54. The van der Waals surface area contributed by atoms with Crippen molar-refractivity contribution in [3.63, 3.8) is 0 Å². The highest BCUT2D eigenvalue weighted by molar-refractivity contribution is 6.06. The number of halogens is 3. The first kappa shape index (κ1) is 24.7. The standard InChI is InChI=1S/C23H24F3N5O3/c1-23(2,3)20(22(34)28-10-16(27)32)29-21(33)18-14-8-9-15(25)17(26)19(14)31(30-18)11-12-4-6-13(24)7-5-12/h4-9,20H,10-11H2,1-3H3,(H2,27,32)(H,28,34)(H,29,33)/t20-/m1/s1. The molecule has 3 amide bonds. The van der Waals surface area contributed by atoms with Gasteiger partial charge in [-0.1, -0.05) is 32.9 Å². The number of benzene rings is 2. The van der Waals surface area contributed by atoms with E-state index in [9.17, 15) is 27.6 Å². The predicted octanol–water partition coefficient (Wildman–Crippen LogP) is 2.25. The molecular weight excluding hydrogens is 451 g/mol. The molecule has 0 spiro atoms. The van der Waals surface area contributed by atoms with Crippen molar-refractivity contribution in [2.24, 2.45) is 11.1 Å². The SMILES string of the molecule is CC(C)(C)[C@H](NC(=O)c1nn(Cc2ccc(F)cc2)c2c(F)c(F)ccc12)C(=O)NCC(N)=O. The van der Waals surface area contributed by atoms with E-state index in [1.165, 1.54) is 30.3 Å². The Labute approximate surface area is 193 Å². The molecule has 4 N–H and O–H groups in total. The number of primary amides is 1. The van der Waals surface area contributed by atoms with Crippen molar-refractivity contribution in [2.45, 2.75) is 33.4 Å². The first-order valence-corrected chi connectivity index (χ1v) is 10.3. The van der Waals surface area contributed by atoms with Crippen molar-refractivity contribution in [1.29, 1.82) is 0 Å². The quantitative estimate of drug-likeness (QED) is 0.486. The lowest BCUT2D eigenvalue weighted by molar-refractivity contribution is -0.128. The maximum atomic E-state index is 14.7. The molecule has 0 aliphatic carbocycles. The fourth-order valence-corrected chi connectivity index (χ4v) is 3.40. The van der Waals surface area contributed by atoms with E-state index in [4.69, 9.17) is 5.73 Å². The van der Waals surface area contributed by atoms with Crippen LogP contribution in [0.4, 0.5) is 13.2 Å². The lowest BCUT2D eigenvalue weighted by atomic mass is 9.86. The summed E-state index contributed by atoms with van der Waals surface area (Å²) in [6, 6.07) is 6.34. The topological polar surface area (TPSA) is 119 Å². The molecule has 34 heavy (non-hydrogen) atoms. The first-order chi connectivity index (χ1) is 15.9. The Morgan fingerprint density at radius 2 is 1.71 bits per heavy atom. The average Bonchev–Trinajstić information content (AvgIpc) is 3.12. The summed E-state index contributed by atoms with van der Waals surface area (Å²) in [5.74, 6) is -4.99. The molecule has 8 nitrogen and oxygen atoms in total. The van der Waals surface area contributed by atoms with Crippen LogP contribution < -0.4 is 16.4 Å². The predicted molar refractivity (Wildman–Crippen MR) is 118 cm³/mol. The number of carbonyl (C=O) groups is 3. The monoisotopic (exact) mass is 475 g/mol. The molecule has 0 saturated carbocycles. The number of nitrogens with two attached hydrogens (primary N) is 1. The molecule has 1 aromatic heterocycles. The number of aromatic nitrogens is 2. The normalized spacial score (nSPS) is 12.4. The van der Waals surface area contributed by atoms with E-state index in [1.807, 2.05) is 0 Å². The summed E-state index contributed by atoms with van der Waals surface area (Å²) in [5.41, 5.74) is 4.35. The van der Waals surface area contributed by atoms with Crippen molar-refractivity contribution in [3.05, 3.63) is 65.1 Å². The van der Waals surface area contributed by atoms with Gasteiger partial charge in [-0.2, -0.15) is 5.10 Å². The zero-order chi connectivity index (χ0) is 25.2. The van der Waals surface area contributed by atoms with Gasteiger partial charge in [0.05, 0.1) is 13.1 Å². The lowest BCUT2D eigenvalue weighted by Crippen LogP contribution is -2.54. The minimum absolute atomic E-state index is 0.0312. The van der Waals surface area contributed by atoms with Crippen LogP contribution in [0.2, 0.25) is 0 Å². The van der Waals surface area contributed by atoms with E-state index in [-0.39, 0.29) is 23.1 Å². The zero-order valence-electron chi connectivity index (χ0n) is 18.8. The van der Waals surface area contributed by atoms with Crippen LogP contribution in [0, 0.1) is 22.9 Å². The summed E-state index contributed by atoms with van der Waals surface area (Å²) in [7, 11) is 0. The smallest absolute Gasteiger partial charge is 0.273 e. The molecule has 0 aliphatic heterocycles. The van der Waals surface area contributed by atoms with E-state index >= 15 is 0 Å². The van der Waals surface area contributed by atoms with Crippen LogP contribution in [0.5, 0.6) is 0 Å². The molecule has 1 heterocycles. The van der Waals surface area contributed by atoms with Crippen LogP contribution in [0.3, 0.4) is 0 Å².